The number of ether oxygens (including phenoxy) is 2. The smallest absolute Gasteiger partial charge is 0.462 e. The van der Waals surface area contributed by atoms with E-state index in [1.54, 1.807) is 13.8 Å². The zero-order valence-corrected chi connectivity index (χ0v) is 11.3. The Morgan fingerprint density at radius 2 is 1.60 bits per heavy atom. The molecule has 0 spiro atoms. The first-order chi connectivity index (χ1) is 9.56. The normalized spacial score (nSPS) is 10.0. The van der Waals surface area contributed by atoms with Crippen LogP contribution in [-0.4, -0.2) is 37.3 Å². The van der Waals surface area contributed by atoms with Gasteiger partial charge >= 0.3 is 19.1 Å². The SMILES string of the molecule is CCOC(=O)c1cccc(C(=O)OCC)c1B(O)ON. The first kappa shape index (κ1) is 16.2. The maximum Gasteiger partial charge on any atom is 0.509 e. The Kier molecular flexibility index (Phi) is 6.17. The highest BCUT2D eigenvalue weighted by Crippen LogP contribution is 2.08. The molecule has 0 heterocycles. The van der Waals surface area contributed by atoms with Crippen molar-refractivity contribution >= 4 is 24.5 Å². The molecule has 0 unspecified atom stereocenters. The van der Waals surface area contributed by atoms with Crippen LogP contribution < -0.4 is 11.4 Å². The van der Waals surface area contributed by atoms with E-state index in [1.165, 1.54) is 18.2 Å². The number of benzene rings is 1. The molecular weight excluding hydrogens is 265 g/mol. The average molecular weight is 281 g/mol. The minimum absolute atomic E-state index is 0.00430. The lowest BCUT2D eigenvalue weighted by Gasteiger charge is -2.14. The summed E-state index contributed by atoms with van der Waals surface area (Å²) in [6.07, 6.45) is 0. The lowest BCUT2D eigenvalue weighted by molar-refractivity contribution is 0.0527. The quantitative estimate of drug-likeness (QED) is 0.415. The van der Waals surface area contributed by atoms with Crippen molar-refractivity contribution in [2.45, 2.75) is 13.8 Å². The molecule has 8 heteroatoms. The molecular formula is C12H16BNO6. The zero-order valence-electron chi connectivity index (χ0n) is 11.3. The number of hydrogen-bond acceptors (Lipinski definition) is 7. The average Bonchev–Trinajstić information content (AvgIpc) is 2.46. The van der Waals surface area contributed by atoms with Crippen LogP contribution in [0.1, 0.15) is 34.6 Å². The van der Waals surface area contributed by atoms with E-state index in [4.69, 9.17) is 15.4 Å². The second-order valence-electron chi connectivity index (χ2n) is 3.70. The molecule has 0 bridgehead atoms. The summed E-state index contributed by atoms with van der Waals surface area (Å²) >= 11 is 0. The molecule has 1 aromatic rings. The van der Waals surface area contributed by atoms with Crippen LogP contribution in [-0.2, 0) is 14.2 Å². The summed E-state index contributed by atoms with van der Waals surface area (Å²) < 4.78 is 14.0. The van der Waals surface area contributed by atoms with Crippen molar-refractivity contribution in [1.29, 1.82) is 0 Å². The maximum absolute atomic E-state index is 11.8. The highest BCUT2D eigenvalue weighted by Gasteiger charge is 2.30. The number of nitrogens with two attached hydrogens (primary N) is 1. The highest BCUT2D eigenvalue weighted by atomic mass is 16.6. The predicted octanol–water partition coefficient (Wildman–Crippen LogP) is -0.382. The van der Waals surface area contributed by atoms with Gasteiger partial charge in [0, 0.05) is 5.46 Å². The van der Waals surface area contributed by atoms with Gasteiger partial charge in [-0.3, -0.25) is 0 Å². The fourth-order valence-corrected chi connectivity index (χ4v) is 1.67. The van der Waals surface area contributed by atoms with Crippen molar-refractivity contribution in [2.75, 3.05) is 13.2 Å². The van der Waals surface area contributed by atoms with E-state index in [1.807, 2.05) is 0 Å². The van der Waals surface area contributed by atoms with Crippen molar-refractivity contribution in [1.82, 2.24) is 0 Å². The number of esters is 2. The van der Waals surface area contributed by atoms with Gasteiger partial charge in [-0.1, -0.05) is 6.07 Å². The summed E-state index contributed by atoms with van der Waals surface area (Å²) in [6, 6.07) is 4.28. The van der Waals surface area contributed by atoms with Gasteiger partial charge in [-0.25, -0.2) is 15.5 Å². The number of carbonyl (C=O) groups excluding carboxylic acids is 2. The van der Waals surface area contributed by atoms with E-state index in [0.29, 0.717) is 0 Å². The van der Waals surface area contributed by atoms with Crippen LogP contribution in [0, 0.1) is 0 Å². The lowest BCUT2D eigenvalue weighted by atomic mass is 9.73. The number of carbonyl (C=O) groups is 2. The second-order valence-corrected chi connectivity index (χ2v) is 3.70. The van der Waals surface area contributed by atoms with Crippen molar-refractivity contribution < 1.29 is 28.8 Å². The van der Waals surface area contributed by atoms with E-state index in [9.17, 15) is 14.6 Å². The largest absolute Gasteiger partial charge is 0.509 e. The van der Waals surface area contributed by atoms with Crippen LogP contribution in [0.2, 0.25) is 0 Å². The van der Waals surface area contributed by atoms with Gasteiger partial charge in [-0.15, -0.1) is 0 Å². The van der Waals surface area contributed by atoms with Gasteiger partial charge in [0.05, 0.1) is 24.3 Å². The maximum atomic E-state index is 11.8. The highest BCUT2D eigenvalue weighted by molar-refractivity contribution is 6.63. The van der Waals surface area contributed by atoms with E-state index in [-0.39, 0.29) is 29.8 Å². The Morgan fingerprint density at radius 3 is 1.95 bits per heavy atom. The minimum atomic E-state index is -1.64. The lowest BCUT2D eigenvalue weighted by Crippen LogP contribution is -2.43. The third-order valence-corrected chi connectivity index (χ3v) is 2.47. The molecule has 0 aromatic heterocycles. The monoisotopic (exact) mass is 281 g/mol. The molecule has 0 atom stereocenters. The van der Waals surface area contributed by atoms with Crippen molar-refractivity contribution in [2.24, 2.45) is 5.90 Å². The Labute approximate surface area is 116 Å². The molecule has 108 valence electrons. The molecule has 1 aromatic carbocycles. The van der Waals surface area contributed by atoms with Crippen LogP contribution in [0.25, 0.3) is 0 Å². The van der Waals surface area contributed by atoms with Crippen LogP contribution in [0.5, 0.6) is 0 Å². The fourth-order valence-electron chi connectivity index (χ4n) is 1.67. The molecule has 1 rings (SSSR count). The van der Waals surface area contributed by atoms with Crippen molar-refractivity contribution in [3.63, 3.8) is 0 Å². The molecule has 0 aliphatic heterocycles. The standard InChI is InChI=1S/C12H16BNO6/c1-3-18-11(15)8-6-5-7-9(12(16)19-4-2)10(8)13(17)20-14/h5-7,17H,3-4,14H2,1-2H3. The number of hydrogen-bond donors (Lipinski definition) is 2. The summed E-state index contributed by atoms with van der Waals surface area (Å²) in [7, 11) is -1.64. The first-order valence-corrected chi connectivity index (χ1v) is 6.07. The molecule has 3 N–H and O–H groups in total. The van der Waals surface area contributed by atoms with Crippen LogP contribution >= 0.6 is 0 Å². The van der Waals surface area contributed by atoms with Gasteiger partial charge in [0.1, 0.15) is 0 Å². The Morgan fingerprint density at radius 1 is 1.15 bits per heavy atom. The van der Waals surface area contributed by atoms with E-state index in [0.717, 1.165) is 0 Å². The van der Waals surface area contributed by atoms with Gasteiger partial charge in [-0.2, -0.15) is 0 Å². The zero-order chi connectivity index (χ0) is 15.1. The third-order valence-electron chi connectivity index (χ3n) is 2.47. The van der Waals surface area contributed by atoms with E-state index >= 15 is 0 Å². The summed E-state index contributed by atoms with van der Waals surface area (Å²) in [4.78, 5) is 23.7. The molecule has 0 radical (unpaired) electrons. The molecule has 7 nitrogen and oxygen atoms in total. The molecule has 20 heavy (non-hydrogen) atoms. The van der Waals surface area contributed by atoms with Crippen LogP contribution in [0.4, 0.5) is 0 Å². The summed E-state index contributed by atoms with van der Waals surface area (Å²) in [5, 5.41) is 9.76. The molecule has 0 aliphatic rings. The van der Waals surface area contributed by atoms with Gasteiger partial charge < -0.3 is 19.3 Å². The van der Waals surface area contributed by atoms with Gasteiger partial charge in [0.15, 0.2) is 0 Å². The van der Waals surface area contributed by atoms with Crippen molar-refractivity contribution in [3.05, 3.63) is 29.3 Å². The summed E-state index contributed by atoms with van der Waals surface area (Å²) in [5.41, 5.74) is -0.0855. The van der Waals surface area contributed by atoms with E-state index < -0.39 is 19.1 Å². The predicted molar refractivity (Wildman–Crippen MR) is 71.2 cm³/mol. The first-order valence-electron chi connectivity index (χ1n) is 6.07. The van der Waals surface area contributed by atoms with Gasteiger partial charge in [0.2, 0.25) is 0 Å². The van der Waals surface area contributed by atoms with Gasteiger partial charge in [-0.05, 0) is 26.0 Å². The van der Waals surface area contributed by atoms with Crippen LogP contribution in [0.3, 0.4) is 0 Å². The molecule has 0 saturated carbocycles. The number of rotatable bonds is 6. The van der Waals surface area contributed by atoms with Gasteiger partial charge in [0.25, 0.3) is 0 Å². The molecule has 0 amide bonds. The Bertz CT molecular complexity index is 457. The summed E-state index contributed by atoms with van der Waals surface area (Å²) in [5.74, 6) is 3.56. The molecule has 0 fully saturated rings. The minimum Gasteiger partial charge on any atom is -0.462 e. The Hall–Kier alpha value is -1.90. The third kappa shape index (κ3) is 3.56. The van der Waals surface area contributed by atoms with Crippen LogP contribution in [0.15, 0.2) is 18.2 Å². The topological polar surface area (TPSA) is 108 Å². The van der Waals surface area contributed by atoms with E-state index in [2.05, 4.69) is 4.76 Å². The second kappa shape index (κ2) is 7.64. The fraction of sp³-hybridized carbons (Fsp3) is 0.333. The van der Waals surface area contributed by atoms with Crippen molar-refractivity contribution in [3.8, 4) is 0 Å². The Balaban J connectivity index is 3.34. The molecule has 0 aliphatic carbocycles. The molecule has 0 saturated heterocycles. The summed E-state index contributed by atoms with van der Waals surface area (Å²) in [6.45, 7) is 3.59.